The second kappa shape index (κ2) is 7.62. The molecule has 1 aliphatic heterocycles. The van der Waals surface area contributed by atoms with Crippen molar-refractivity contribution < 1.29 is 4.79 Å². The average Bonchev–Trinajstić information content (AvgIpc) is 3.07. The second-order valence-corrected chi connectivity index (χ2v) is 7.86. The Bertz CT molecular complexity index is 761. The molecule has 0 spiro atoms. The normalized spacial score (nSPS) is 19.0. The lowest BCUT2D eigenvalue weighted by Crippen LogP contribution is -2.45. The van der Waals surface area contributed by atoms with Gasteiger partial charge >= 0.3 is 0 Å². The minimum absolute atomic E-state index is 0.0809. The average molecular weight is 354 g/mol. The number of carbonyl (C=O) groups is 1. The largest absolute Gasteiger partial charge is 0.338 e. The molecule has 1 fully saturated rings. The van der Waals surface area contributed by atoms with Crippen LogP contribution in [0.1, 0.15) is 61.1 Å². The van der Waals surface area contributed by atoms with E-state index in [0.29, 0.717) is 11.5 Å². The van der Waals surface area contributed by atoms with Gasteiger partial charge in [-0.25, -0.2) is 4.68 Å². The van der Waals surface area contributed by atoms with Crippen LogP contribution >= 0.6 is 0 Å². The van der Waals surface area contributed by atoms with Crippen LogP contribution < -0.4 is 5.73 Å². The number of piperidine rings is 1. The number of benzene rings is 1. The number of amides is 1. The van der Waals surface area contributed by atoms with Gasteiger partial charge in [0.15, 0.2) is 0 Å². The van der Waals surface area contributed by atoms with E-state index in [2.05, 4.69) is 50.1 Å². The summed E-state index contributed by atoms with van der Waals surface area (Å²) in [7, 11) is 0. The van der Waals surface area contributed by atoms with Crippen molar-refractivity contribution in [1.29, 1.82) is 0 Å². The lowest BCUT2D eigenvalue weighted by molar-refractivity contribution is 0.0659. The first kappa shape index (κ1) is 18.6. The van der Waals surface area contributed by atoms with Crippen LogP contribution in [-0.4, -0.2) is 39.7 Å². The van der Waals surface area contributed by atoms with Crippen LogP contribution in [0.15, 0.2) is 30.5 Å². The smallest absolute Gasteiger partial charge is 0.257 e. The van der Waals surface area contributed by atoms with Gasteiger partial charge in [-0.1, -0.05) is 31.5 Å². The Morgan fingerprint density at radius 2 is 1.92 bits per heavy atom. The molecule has 5 nitrogen and oxygen atoms in total. The van der Waals surface area contributed by atoms with E-state index in [4.69, 9.17) is 5.73 Å². The summed E-state index contributed by atoms with van der Waals surface area (Å²) in [6.45, 7) is 9.86. The van der Waals surface area contributed by atoms with Gasteiger partial charge in [0.2, 0.25) is 0 Å². The van der Waals surface area contributed by atoms with E-state index < -0.39 is 0 Å². The summed E-state index contributed by atoms with van der Waals surface area (Å²) < 4.78 is 1.91. The Kier molecular flexibility index (Phi) is 5.47. The molecule has 0 saturated carbocycles. The van der Waals surface area contributed by atoms with Crippen LogP contribution in [0.3, 0.4) is 0 Å². The lowest BCUT2D eigenvalue weighted by Gasteiger charge is -2.34. The fourth-order valence-electron chi connectivity index (χ4n) is 3.76. The van der Waals surface area contributed by atoms with Crippen molar-refractivity contribution in [2.24, 2.45) is 11.7 Å². The maximum Gasteiger partial charge on any atom is 0.257 e. The van der Waals surface area contributed by atoms with Crippen LogP contribution in [0.4, 0.5) is 0 Å². The summed E-state index contributed by atoms with van der Waals surface area (Å²) in [5.41, 5.74) is 9.97. The topological polar surface area (TPSA) is 64.2 Å². The lowest BCUT2D eigenvalue weighted by atomic mass is 9.91. The van der Waals surface area contributed by atoms with Gasteiger partial charge < -0.3 is 10.6 Å². The molecule has 1 aliphatic rings. The first-order valence-electron chi connectivity index (χ1n) is 9.58. The molecule has 2 atom stereocenters. The van der Waals surface area contributed by atoms with Gasteiger partial charge in [-0.3, -0.25) is 4.79 Å². The van der Waals surface area contributed by atoms with E-state index in [1.54, 1.807) is 6.20 Å². The van der Waals surface area contributed by atoms with Crippen LogP contribution in [0.25, 0.3) is 5.69 Å². The number of nitrogens with two attached hydrogens (primary N) is 1. The molecule has 0 radical (unpaired) electrons. The van der Waals surface area contributed by atoms with Crippen LogP contribution in [-0.2, 0) is 0 Å². The highest BCUT2D eigenvalue weighted by molar-refractivity contribution is 5.95. The maximum absolute atomic E-state index is 13.2. The van der Waals surface area contributed by atoms with E-state index in [9.17, 15) is 4.79 Å². The predicted octanol–water partition coefficient (Wildman–Crippen LogP) is 3.50. The molecular weight excluding hydrogens is 324 g/mol. The number of carbonyl (C=O) groups excluding carboxylic acids is 1. The fraction of sp³-hybridized carbons (Fsp3) is 0.524. The fourth-order valence-corrected chi connectivity index (χ4v) is 3.76. The van der Waals surface area contributed by atoms with Crippen molar-refractivity contribution in [3.8, 4) is 5.69 Å². The summed E-state index contributed by atoms with van der Waals surface area (Å²) >= 11 is 0. The Hall–Kier alpha value is -2.14. The zero-order chi connectivity index (χ0) is 18.8. The first-order valence-corrected chi connectivity index (χ1v) is 9.58. The molecule has 140 valence electrons. The second-order valence-electron chi connectivity index (χ2n) is 7.86. The quantitative estimate of drug-likeness (QED) is 0.914. The molecule has 2 N–H and O–H groups in total. The van der Waals surface area contributed by atoms with Crippen molar-refractivity contribution in [3.05, 3.63) is 47.3 Å². The number of likely N-dealkylation sites (tertiary alicyclic amines) is 1. The van der Waals surface area contributed by atoms with Gasteiger partial charge in [0.05, 0.1) is 23.1 Å². The van der Waals surface area contributed by atoms with Crippen molar-refractivity contribution in [2.45, 2.75) is 52.5 Å². The third-order valence-corrected chi connectivity index (χ3v) is 5.35. The molecule has 3 rings (SSSR count). The van der Waals surface area contributed by atoms with Gasteiger partial charge in [0.25, 0.3) is 5.91 Å². The molecule has 2 heterocycles. The number of nitrogens with zero attached hydrogens (tertiary/aromatic N) is 3. The molecular formula is C21H30N4O. The highest BCUT2D eigenvalue weighted by Crippen LogP contribution is 2.27. The Morgan fingerprint density at radius 3 is 2.54 bits per heavy atom. The van der Waals surface area contributed by atoms with Crippen LogP contribution in [0.2, 0.25) is 0 Å². The minimum atomic E-state index is 0.0809. The Labute approximate surface area is 156 Å². The molecule has 0 aliphatic carbocycles. The van der Waals surface area contributed by atoms with Crippen LogP contribution in [0, 0.1) is 12.8 Å². The number of hydrogen-bond acceptors (Lipinski definition) is 3. The summed E-state index contributed by atoms with van der Waals surface area (Å²) in [5, 5.41) is 4.55. The summed E-state index contributed by atoms with van der Waals surface area (Å²) in [6, 6.07) is 8.36. The van der Waals surface area contributed by atoms with Gasteiger partial charge in [-0.2, -0.15) is 5.10 Å². The van der Waals surface area contributed by atoms with Crippen molar-refractivity contribution in [2.75, 3.05) is 13.1 Å². The maximum atomic E-state index is 13.2. The zero-order valence-electron chi connectivity index (χ0n) is 16.3. The number of hydrogen-bond donors (Lipinski definition) is 1. The molecule has 2 aromatic rings. The SMILES string of the molecule is Cc1ccc(-n2ncc(C(=O)N3CCC[C@@H]([C@H](C)N)C3)c2C(C)C)cc1. The van der Waals surface area contributed by atoms with Crippen molar-refractivity contribution >= 4 is 5.91 Å². The van der Waals surface area contributed by atoms with Crippen molar-refractivity contribution in [1.82, 2.24) is 14.7 Å². The van der Waals surface area contributed by atoms with E-state index in [0.717, 1.165) is 37.3 Å². The van der Waals surface area contributed by atoms with E-state index in [-0.39, 0.29) is 17.9 Å². The summed E-state index contributed by atoms with van der Waals surface area (Å²) in [6.07, 6.45) is 3.84. The van der Waals surface area contributed by atoms with Gasteiger partial charge in [0.1, 0.15) is 0 Å². The third-order valence-electron chi connectivity index (χ3n) is 5.35. The summed E-state index contributed by atoms with van der Waals surface area (Å²) in [4.78, 5) is 15.2. The molecule has 0 unspecified atom stereocenters. The standard InChI is InChI=1S/C21H30N4O/c1-14(2)20-19(12-23-25(20)18-9-7-15(3)8-10-18)21(26)24-11-5-6-17(13-24)16(4)22/h7-10,12,14,16-17H,5-6,11,13,22H2,1-4H3/t16-,17+/m0/s1. The highest BCUT2D eigenvalue weighted by Gasteiger charge is 2.29. The number of rotatable bonds is 4. The molecule has 26 heavy (non-hydrogen) atoms. The first-order chi connectivity index (χ1) is 12.4. The highest BCUT2D eigenvalue weighted by atomic mass is 16.2. The van der Waals surface area contributed by atoms with Crippen molar-refractivity contribution in [3.63, 3.8) is 0 Å². The Balaban J connectivity index is 1.92. The zero-order valence-corrected chi connectivity index (χ0v) is 16.3. The number of aryl methyl sites for hydroxylation is 1. The molecule has 5 heteroatoms. The van der Waals surface area contributed by atoms with E-state index in [1.165, 1.54) is 5.56 Å². The monoisotopic (exact) mass is 354 g/mol. The van der Waals surface area contributed by atoms with Gasteiger partial charge in [-0.15, -0.1) is 0 Å². The molecule has 1 saturated heterocycles. The molecule has 1 amide bonds. The third kappa shape index (κ3) is 3.68. The minimum Gasteiger partial charge on any atom is -0.338 e. The summed E-state index contributed by atoms with van der Waals surface area (Å²) in [5.74, 6) is 0.659. The van der Waals surface area contributed by atoms with E-state index >= 15 is 0 Å². The molecule has 0 bridgehead atoms. The number of aromatic nitrogens is 2. The van der Waals surface area contributed by atoms with Gasteiger partial charge in [0, 0.05) is 19.1 Å². The van der Waals surface area contributed by atoms with E-state index in [1.807, 2.05) is 16.5 Å². The molecule has 1 aromatic carbocycles. The molecule has 1 aromatic heterocycles. The van der Waals surface area contributed by atoms with Gasteiger partial charge in [-0.05, 0) is 50.7 Å². The van der Waals surface area contributed by atoms with Crippen LogP contribution in [0.5, 0.6) is 0 Å². The Morgan fingerprint density at radius 1 is 1.23 bits per heavy atom. The predicted molar refractivity (Wildman–Crippen MR) is 105 cm³/mol.